The first kappa shape index (κ1) is 15.4. The van der Waals surface area contributed by atoms with E-state index >= 15 is 0 Å². The van der Waals surface area contributed by atoms with E-state index < -0.39 is 0 Å². The van der Waals surface area contributed by atoms with Crippen LogP contribution in [0.1, 0.15) is 104 Å². The average Bonchev–Trinajstić information content (AvgIpc) is 2.47. The first-order valence-corrected chi connectivity index (χ1v) is 9.30. The summed E-state index contributed by atoms with van der Waals surface area (Å²) < 4.78 is 0. The van der Waals surface area contributed by atoms with Crippen molar-refractivity contribution in [2.75, 3.05) is 0 Å². The van der Waals surface area contributed by atoms with Crippen LogP contribution in [0.4, 0.5) is 0 Å². The molecule has 0 radical (unpaired) electrons. The van der Waals surface area contributed by atoms with Crippen LogP contribution in [0, 0.1) is 17.3 Å². The maximum absolute atomic E-state index is 2.37. The van der Waals surface area contributed by atoms with Crippen molar-refractivity contribution in [3.05, 3.63) is 0 Å². The first-order chi connectivity index (χ1) is 9.30. The minimum atomic E-state index is 0.783. The third kappa shape index (κ3) is 3.99. The summed E-state index contributed by atoms with van der Waals surface area (Å²) in [6.45, 7) is 4.73. The minimum absolute atomic E-state index is 0.783. The summed E-state index contributed by atoms with van der Waals surface area (Å²) in [6, 6.07) is 0. The number of hydrogen-bond donors (Lipinski definition) is 0. The second-order valence-electron chi connectivity index (χ2n) is 7.53. The van der Waals surface area contributed by atoms with E-state index in [1.165, 1.54) is 44.9 Å². The van der Waals surface area contributed by atoms with Crippen LogP contribution in [-0.2, 0) is 0 Å². The van der Waals surface area contributed by atoms with Crippen molar-refractivity contribution in [3.63, 3.8) is 0 Å². The van der Waals surface area contributed by atoms with Gasteiger partial charge in [-0.25, -0.2) is 0 Å². The highest BCUT2D eigenvalue weighted by molar-refractivity contribution is 4.91. The van der Waals surface area contributed by atoms with Gasteiger partial charge in [0.1, 0.15) is 0 Å². The van der Waals surface area contributed by atoms with Crippen LogP contribution >= 0.6 is 0 Å². The van der Waals surface area contributed by atoms with Crippen molar-refractivity contribution >= 4 is 0 Å². The van der Waals surface area contributed by atoms with Gasteiger partial charge in [0.15, 0.2) is 0 Å². The largest absolute Gasteiger partial charge is 0.0654 e. The lowest BCUT2D eigenvalue weighted by Gasteiger charge is -2.47. The molecule has 0 spiro atoms. The molecule has 0 N–H and O–H groups in total. The molecule has 0 bridgehead atoms. The lowest BCUT2D eigenvalue weighted by atomic mass is 9.58. The molecule has 0 heteroatoms. The van der Waals surface area contributed by atoms with Crippen molar-refractivity contribution in [2.24, 2.45) is 17.3 Å². The van der Waals surface area contributed by atoms with E-state index in [0.717, 1.165) is 17.3 Å². The van der Waals surface area contributed by atoms with Crippen LogP contribution in [0.3, 0.4) is 0 Å². The fourth-order valence-corrected chi connectivity index (χ4v) is 5.12. The van der Waals surface area contributed by atoms with Gasteiger partial charge in [-0.15, -0.1) is 0 Å². The molecule has 0 heterocycles. The van der Waals surface area contributed by atoms with Crippen LogP contribution in [0.15, 0.2) is 0 Å². The highest BCUT2D eigenvalue weighted by Gasteiger charge is 2.40. The summed E-state index contributed by atoms with van der Waals surface area (Å²) in [4.78, 5) is 0. The van der Waals surface area contributed by atoms with Crippen LogP contribution in [0.2, 0.25) is 0 Å². The lowest BCUT2D eigenvalue weighted by Crippen LogP contribution is -2.35. The smallest absolute Gasteiger partial charge is 0.0269 e. The summed E-state index contributed by atoms with van der Waals surface area (Å²) in [5.74, 6) is 2.17. The SMILES string of the molecule is CCCCC1(C2CCC(CCC)CC2)CCCCC1. The quantitative estimate of drug-likeness (QED) is 0.498. The molecule has 0 saturated heterocycles. The second-order valence-corrected chi connectivity index (χ2v) is 7.53. The van der Waals surface area contributed by atoms with Crippen molar-refractivity contribution in [2.45, 2.75) is 104 Å². The summed E-state index contributed by atoms with van der Waals surface area (Å²) in [7, 11) is 0. The van der Waals surface area contributed by atoms with Gasteiger partial charge in [0, 0.05) is 0 Å². The molecule has 0 nitrogen and oxygen atoms in total. The molecule has 0 aromatic carbocycles. The first-order valence-electron chi connectivity index (χ1n) is 9.30. The maximum atomic E-state index is 2.37. The Morgan fingerprint density at radius 3 is 2.11 bits per heavy atom. The fraction of sp³-hybridized carbons (Fsp3) is 1.00. The predicted molar refractivity (Wildman–Crippen MR) is 85.4 cm³/mol. The van der Waals surface area contributed by atoms with Crippen molar-refractivity contribution in [1.82, 2.24) is 0 Å². The Morgan fingerprint density at radius 2 is 1.53 bits per heavy atom. The molecular formula is C19H36. The van der Waals surface area contributed by atoms with Crippen molar-refractivity contribution < 1.29 is 0 Å². The summed E-state index contributed by atoms with van der Waals surface area (Å²) >= 11 is 0. The van der Waals surface area contributed by atoms with Gasteiger partial charge in [0.2, 0.25) is 0 Å². The third-order valence-corrected chi connectivity index (χ3v) is 6.29. The van der Waals surface area contributed by atoms with E-state index in [4.69, 9.17) is 0 Å². The Morgan fingerprint density at radius 1 is 0.842 bits per heavy atom. The summed E-state index contributed by atoms with van der Waals surface area (Å²) in [5.41, 5.74) is 0.783. The second kappa shape index (κ2) is 7.70. The standard InChI is InChI=1S/C19H36/c1-3-5-14-19(15-7-6-8-16-19)18-12-10-17(9-4-2)11-13-18/h17-18H,3-16H2,1-2H3. The van der Waals surface area contributed by atoms with Crippen LogP contribution < -0.4 is 0 Å². The number of unbranched alkanes of at least 4 members (excludes halogenated alkanes) is 1. The Bertz CT molecular complexity index is 228. The molecular weight excluding hydrogens is 228 g/mol. The molecule has 0 amide bonds. The van der Waals surface area contributed by atoms with Gasteiger partial charge < -0.3 is 0 Å². The predicted octanol–water partition coefficient (Wildman–Crippen LogP) is 6.73. The molecule has 2 fully saturated rings. The van der Waals surface area contributed by atoms with Gasteiger partial charge in [0.05, 0.1) is 0 Å². The minimum Gasteiger partial charge on any atom is -0.0654 e. The van der Waals surface area contributed by atoms with Gasteiger partial charge in [-0.3, -0.25) is 0 Å². The zero-order chi connectivity index (χ0) is 13.6. The molecule has 19 heavy (non-hydrogen) atoms. The Kier molecular flexibility index (Phi) is 6.23. The van der Waals surface area contributed by atoms with Crippen molar-refractivity contribution in [3.8, 4) is 0 Å². The van der Waals surface area contributed by atoms with E-state index in [2.05, 4.69) is 13.8 Å². The normalized spacial score (nSPS) is 31.3. The Hall–Kier alpha value is 0. The highest BCUT2D eigenvalue weighted by Crippen LogP contribution is 2.52. The topological polar surface area (TPSA) is 0 Å². The maximum Gasteiger partial charge on any atom is -0.0269 e. The molecule has 0 unspecified atom stereocenters. The highest BCUT2D eigenvalue weighted by atomic mass is 14.4. The molecule has 2 saturated carbocycles. The van der Waals surface area contributed by atoms with Crippen LogP contribution in [-0.4, -0.2) is 0 Å². The average molecular weight is 264 g/mol. The molecule has 0 aliphatic heterocycles. The molecule has 2 rings (SSSR count). The van der Waals surface area contributed by atoms with Gasteiger partial charge >= 0.3 is 0 Å². The van der Waals surface area contributed by atoms with E-state index in [1.807, 2.05) is 0 Å². The summed E-state index contributed by atoms with van der Waals surface area (Å²) in [5, 5.41) is 0. The molecule has 0 atom stereocenters. The van der Waals surface area contributed by atoms with E-state index in [9.17, 15) is 0 Å². The number of rotatable bonds is 6. The Labute approximate surface area is 121 Å². The fourth-order valence-electron chi connectivity index (χ4n) is 5.12. The van der Waals surface area contributed by atoms with Gasteiger partial charge in [-0.2, -0.15) is 0 Å². The Balaban J connectivity index is 1.91. The van der Waals surface area contributed by atoms with Crippen LogP contribution in [0.5, 0.6) is 0 Å². The van der Waals surface area contributed by atoms with Gasteiger partial charge in [-0.05, 0) is 49.4 Å². The monoisotopic (exact) mass is 264 g/mol. The molecule has 2 aliphatic carbocycles. The van der Waals surface area contributed by atoms with E-state index in [1.54, 1.807) is 44.9 Å². The molecule has 0 aromatic rings. The zero-order valence-electron chi connectivity index (χ0n) is 13.6. The van der Waals surface area contributed by atoms with Gasteiger partial charge in [-0.1, -0.05) is 71.6 Å². The van der Waals surface area contributed by atoms with E-state index in [-0.39, 0.29) is 0 Å². The molecule has 0 aromatic heterocycles. The third-order valence-electron chi connectivity index (χ3n) is 6.29. The summed E-state index contributed by atoms with van der Waals surface area (Å²) in [6.07, 6.45) is 21.2. The van der Waals surface area contributed by atoms with Crippen LogP contribution in [0.25, 0.3) is 0 Å². The van der Waals surface area contributed by atoms with E-state index in [0.29, 0.717) is 0 Å². The zero-order valence-corrected chi connectivity index (χ0v) is 13.6. The molecule has 112 valence electrons. The number of hydrogen-bond acceptors (Lipinski definition) is 0. The lowest BCUT2D eigenvalue weighted by molar-refractivity contribution is 0.0430. The molecule has 2 aliphatic rings. The van der Waals surface area contributed by atoms with Crippen molar-refractivity contribution in [1.29, 1.82) is 0 Å². The van der Waals surface area contributed by atoms with Gasteiger partial charge in [0.25, 0.3) is 0 Å².